The van der Waals surface area contributed by atoms with E-state index in [1.807, 2.05) is 23.9 Å². The summed E-state index contributed by atoms with van der Waals surface area (Å²) in [6, 6.07) is 6.71. The van der Waals surface area contributed by atoms with Gasteiger partial charge in [0.15, 0.2) is 0 Å². The van der Waals surface area contributed by atoms with Crippen LogP contribution < -0.4 is 11.1 Å². The molecule has 1 aromatic rings. The molecule has 0 heterocycles. The van der Waals surface area contributed by atoms with Gasteiger partial charge in [-0.05, 0) is 43.7 Å². The molecule has 2 rings (SSSR count). The second-order valence-electron chi connectivity index (χ2n) is 4.48. The molecule has 88 valence electrons. The first kappa shape index (κ1) is 11.6. The Hall–Kier alpha value is -0.830. The van der Waals surface area contributed by atoms with Gasteiger partial charge in [-0.15, -0.1) is 0 Å². The Labute approximate surface area is 102 Å². The van der Waals surface area contributed by atoms with Gasteiger partial charge in [-0.3, -0.25) is 0 Å². The molecule has 0 aliphatic heterocycles. The van der Waals surface area contributed by atoms with Gasteiger partial charge in [-0.2, -0.15) is 11.8 Å². The number of anilines is 2. The Morgan fingerprint density at radius 2 is 2.19 bits per heavy atom. The fourth-order valence-electron chi connectivity index (χ4n) is 2.38. The van der Waals surface area contributed by atoms with Gasteiger partial charge in [0.2, 0.25) is 0 Å². The van der Waals surface area contributed by atoms with E-state index in [4.69, 9.17) is 5.73 Å². The van der Waals surface area contributed by atoms with Crippen molar-refractivity contribution in [1.82, 2.24) is 0 Å². The third kappa shape index (κ3) is 2.29. The van der Waals surface area contributed by atoms with Crippen LogP contribution in [0.5, 0.6) is 0 Å². The first-order valence-electron chi connectivity index (χ1n) is 5.87. The lowest BCUT2D eigenvalue weighted by atomic mass is 10.1. The summed E-state index contributed by atoms with van der Waals surface area (Å²) in [5.74, 6) is 0. The average Bonchev–Trinajstić information content (AvgIpc) is 2.72. The monoisotopic (exact) mass is 236 g/mol. The van der Waals surface area contributed by atoms with Crippen molar-refractivity contribution in [3.05, 3.63) is 23.8 Å². The first-order chi connectivity index (χ1) is 7.72. The van der Waals surface area contributed by atoms with Gasteiger partial charge in [0, 0.05) is 22.7 Å². The quantitative estimate of drug-likeness (QED) is 0.791. The molecule has 1 aromatic carbocycles. The zero-order valence-electron chi connectivity index (χ0n) is 9.99. The van der Waals surface area contributed by atoms with E-state index in [0.29, 0.717) is 6.04 Å². The zero-order chi connectivity index (χ0) is 11.5. The molecule has 0 radical (unpaired) electrons. The number of benzene rings is 1. The highest BCUT2D eigenvalue weighted by atomic mass is 32.2. The number of hydrogen-bond donors (Lipinski definition) is 2. The lowest BCUT2D eigenvalue weighted by Crippen LogP contribution is -2.26. The Morgan fingerprint density at radius 1 is 1.38 bits per heavy atom. The molecule has 2 nitrogen and oxygen atoms in total. The molecule has 16 heavy (non-hydrogen) atoms. The fraction of sp³-hybridized carbons (Fsp3) is 0.538. The second-order valence-corrected chi connectivity index (χ2v) is 5.55. The van der Waals surface area contributed by atoms with Crippen LogP contribution in [0.2, 0.25) is 0 Å². The van der Waals surface area contributed by atoms with Gasteiger partial charge in [0.25, 0.3) is 0 Å². The second kappa shape index (κ2) is 5.00. The Morgan fingerprint density at radius 3 is 2.94 bits per heavy atom. The molecule has 0 saturated heterocycles. The number of nitrogens with one attached hydrogen (secondary N) is 1. The van der Waals surface area contributed by atoms with E-state index in [1.54, 1.807) is 0 Å². The highest BCUT2D eigenvalue weighted by Crippen LogP contribution is 2.32. The summed E-state index contributed by atoms with van der Waals surface area (Å²) in [6.07, 6.45) is 6.15. The van der Waals surface area contributed by atoms with E-state index < -0.39 is 0 Å². The summed E-state index contributed by atoms with van der Waals surface area (Å²) < 4.78 is 0. The van der Waals surface area contributed by atoms with Crippen LogP contribution in [0.3, 0.4) is 0 Å². The topological polar surface area (TPSA) is 38.0 Å². The fourth-order valence-corrected chi connectivity index (χ4v) is 3.32. The third-order valence-corrected chi connectivity index (χ3v) is 4.64. The standard InChI is InChI=1S/C13H20N2S/c1-9-10(14)5-3-6-11(9)15-12-7-4-8-13(12)16-2/h3,5-6,12-13,15H,4,7-8,14H2,1-2H3. The minimum absolute atomic E-state index is 0.607. The van der Waals surface area contributed by atoms with Crippen molar-refractivity contribution >= 4 is 23.1 Å². The molecule has 0 aromatic heterocycles. The van der Waals surface area contributed by atoms with Crippen LogP contribution in [0.1, 0.15) is 24.8 Å². The van der Waals surface area contributed by atoms with E-state index in [2.05, 4.69) is 24.6 Å². The smallest absolute Gasteiger partial charge is 0.0393 e. The van der Waals surface area contributed by atoms with Crippen LogP contribution in [0.15, 0.2) is 18.2 Å². The van der Waals surface area contributed by atoms with E-state index in [9.17, 15) is 0 Å². The highest BCUT2D eigenvalue weighted by molar-refractivity contribution is 7.99. The Kier molecular flexibility index (Phi) is 3.64. The molecule has 1 fully saturated rings. The molecule has 2 atom stereocenters. The zero-order valence-corrected chi connectivity index (χ0v) is 10.8. The molecule has 2 unspecified atom stereocenters. The van der Waals surface area contributed by atoms with Crippen molar-refractivity contribution in [2.24, 2.45) is 0 Å². The van der Waals surface area contributed by atoms with Gasteiger partial charge in [0.1, 0.15) is 0 Å². The summed E-state index contributed by atoms with van der Waals surface area (Å²) in [5.41, 5.74) is 9.17. The SMILES string of the molecule is CSC1CCCC1Nc1cccc(N)c1C. The number of hydrogen-bond acceptors (Lipinski definition) is 3. The van der Waals surface area contributed by atoms with Crippen molar-refractivity contribution in [2.45, 2.75) is 37.5 Å². The van der Waals surface area contributed by atoms with Crippen molar-refractivity contribution < 1.29 is 0 Å². The molecular weight excluding hydrogens is 216 g/mol. The number of nitrogen functional groups attached to an aromatic ring is 1. The molecule has 1 aliphatic carbocycles. The van der Waals surface area contributed by atoms with Crippen LogP contribution in [0.25, 0.3) is 0 Å². The van der Waals surface area contributed by atoms with Gasteiger partial charge in [0.05, 0.1) is 0 Å². The summed E-state index contributed by atoms with van der Waals surface area (Å²) in [4.78, 5) is 0. The lowest BCUT2D eigenvalue weighted by molar-refractivity contribution is 0.768. The van der Waals surface area contributed by atoms with Crippen molar-refractivity contribution in [3.8, 4) is 0 Å². The molecule has 1 aliphatic rings. The van der Waals surface area contributed by atoms with E-state index in [0.717, 1.165) is 10.9 Å². The maximum Gasteiger partial charge on any atom is 0.0393 e. The van der Waals surface area contributed by atoms with Crippen molar-refractivity contribution in [2.75, 3.05) is 17.3 Å². The molecule has 0 spiro atoms. The predicted octanol–water partition coefficient (Wildman–Crippen LogP) is 3.27. The molecule has 3 heteroatoms. The Bertz CT molecular complexity index is 365. The normalized spacial score (nSPS) is 24.6. The first-order valence-corrected chi connectivity index (χ1v) is 7.15. The molecule has 0 amide bonds. The van der Waals surface area contributed by atoms with Crippen LogP contribution >= 0.6 is 11.8 Å². The minimum Gasteiger partial charge on any atom is -0.398 e. The Balaban J connectivity index is 2.11. The summed E-state index contributed by atoms with van der Waals surface area (Å²) >= 11 is 1.98. The number of nitrogens with two attached hydrogens (primary N) is 1. The van der Waals surface area contributed by atoms with Crippen LogP contribution in [-0.4, -0.2) is 17.5 Å². The molecule has 0 bridgehead atoms. The van der Waals surface area contributed by atoms with Crippen LogP contribution in [0.4, 0.5) is 11.4 Å². The average molecular weight is 236 g/mol. The van der Waals surface area contributed by atoms with E-state index in [1.165, 1.54) is 30.5 Å². The summed E-state index contributed by atoms with van der Waals surface area (Å²) in [5, 5.41) is 4.40. The van der Waals surface area contributed by atoms with Crippen LogP contribution in [0, 0.1) is 6.92 Å². The number of rotatable bonds is 3. The van der Waals surface area contributed by atoms with Crippen molar-refractivity contribution in [1.29, 1.82) is 0 Å². The van der Waals surface area contributed by atoms with Gasteiger partial charge >= 0.3 is 0 Å². The van der Waals surface area contributed by atoms with E-state index in [-0.39, 0.29) is 0 Å². The van der Waals surface area contributed by atoms with Gasteiger partial charge in [-0.25, -0.2) is 0 Å². The van der Waals surface area contributed by atoms with Crippen molar-refractivity contribution in [3.63, 3.8) is 0 Å². The molecule has 1 saturated carbocycles. The van der Waals surface area contributed by atoms with E-state index >= 15 is 0 Å². The minimum atomic E-state index is 0.607. The molecular formula is C13H20N2S. The third-order valence-electron chi connectivity index (χ3n) is 3.47. The largest absolute Gasteiger partial charge is 0.398 e. The summed E-state index contributed by atoms with van der Waals surface area (Å²) in [6.45, 7) is 2.08. The van der Waals surface area contributed by atoms with Gasteiger partial charge < -0.3 is 11.1 Å². The highest BCUT2D eigenvalue weighted by Gasteiger charge is 2.26. The number of thioether (sulfide) groups is 1. The van der Waals surface area contributed by atoms with Gasteiger partial charge in [-0.1, -0.05) is 12.5 Å². The maximum atomic E-state index is 5.92. The van der Waals surface area contributed by atoms with Crippen LogP contribution in [-0.2, 0) is 0 Å². The maximum absolute atomic E-state index is 5.92. The lowest BCUT2D eigenvalue weighted by Gasteiger charge is -2.22. The summed E-state index contributed by atoms with van der Waals surface area (Å²) in [7, 11) is 0. The molecule has 3 N–H and O–H groups in total. The predicted molar refractivity (Wildman–Crippen MR) is 74.2 cm³/mol.